The van der Waals surface area contributed by atoms with E-state index in [0.717, 1.165) is 18.9 Å². The van der Waals surface area contributed by atoms with Gasteiger partial charge in [0.2, 0.25) is 0 Å². The van der Waals surface area contributed by atoms with E-state index in [1.165, 1.54) is 43.5 Å². The average Bonchev–Trinajstić information content (AvgIpc) is 2.41. The zero-order valence-corrected chi connectivity index (χ0v) is 11.6. The molecule has 2 N–H and O–H groups in total. The van der Waals surface area contributed by atoms with Crippen molar-refractivity contribution in [2.24, 2.45) is 5.92 Å². The minimum Gasteiger partial charge on any atom is -0.504 e. The lowest BCUT2D eigenvalue weighted by atomic mass is 9.71. The van der Waals surface area contributed by atoms with Gasteiger partial charge >= 0.3 is 0 Å². The van der Waals surface area contributed by atoms with E-state index in [1.807, 2.05) is 0 Å². The summed E-state index contributed by atoms with van der Waals surface area (Å²) >= 11 is 0. The van der Waals surface area contributed by atoms with E-state index in [0.29, 0.717) is 5.92 Å². The number of likely N-dealkylation sites (tertiary alicyclic amines) is 1. The Morgan fingerprint density at radius 2 is 2.00 bits per heavy atom. The molecule has 3 heteroatoms. The minimum atomic E-state index is 0.0263. The van der Waals surface area contributed by atoms with Crippen LogP contribution in [0, 0.1) is 5.92 Å². The summed E-state index contributed by atoms with van der Waals surface area (Å²) in [6.45, 7) is 5.72. The Hall–Kier alpha value is -1.22. The van der Waals surface area contributed by atoms with Crippen LogP contribution in [0.15, 0.2) is 12.1 Å². The van der Waals surface area contributed by atoms with Crippen molar-refractivity contribution in [3.8, 4) is 11.5 Å². The van der Waals surface area contributed by atoms with Gasteiger partial charge in [0.1, 0.15) is 0 Å². The molecule has 3 rings (SSSR count). The van der Waals surface area contributed by atoms with Crippen LogP contribution in [0.25, 0.3) is 0 Å². The summed E-state index contributed by atoms with van der Waals surface area (Å²) < 4.78 is 0. The molecular weight excluding hydrogens is 238 g/mol. The Kier molecular flexibility index (Phi) is 3.40. The minimum absolute atomic E-state index is 0.0263. The largest absolute Gasteiger partial charge is 0.504 e. The highest BCUT2D eigenvalue weighted by molar-refractivity contribution is 5.48. The average molecular weight is 261 g/mol. The first-order chi connectivity index (χ1) is 9.19. The maximum absolute atomic E-state index is 9.77. The van der Waals surface area contributed by atoms with Gasteiger partial charge in [-0.3, -0.25) is 0 Å². The fourth-order valence-corrected chi connectivity index (χ4v) is 3.82. The van der Waals surface area contributed by atoms with E-state index in [2.05, 4.69) is 11.8 Å². The SMILES string of the molecule is CCCN1CC[C@H]2CCc3cc(O)c(O)cc3[C@H]2C1. The number of piperidine rings is 1. The first kappa shape index (κ1) is 12.8. The molecule has 1 aromatic rings. The van der Waals surface area contributed by atoms with Gasteiger partial charge in [0.15, 0.2) is 11.5 Å². The number of hydrogen-bond acceptors (Lipinski definition) is 3. The maximum atomic E-state index is 9.77. The van der Waals surface area contributed by atoms with Crippen molar-refractivity contribution in [1.29, 1.82) is 0 Å². The van der Waals surface area contributed by atoms with E-state index >= 15 is 0 Å². The Balaban J connectivity index is 1.90. The molecule has 1 aromatic carbocycles. The van der Waals surface area contributed by atoms with Crippen LogP contribution in [0.4, 0.5) is 0 Å². The molecule has 19 heavy (non-hydrogen) atoms. The highest BCUT2D eigenvalue weighted by Crippen LogP contribution is 2.44. The lowest BCUT2D eigenvalue weighted by Gasteiger charge is -2.42. The third-order valence-corrected chi connectivity index (χ3v) is 4.80. The van der Waals surface area contributed by atoms with E-state index in [1.54, 1.807) is 12.1 Å². The van der Waals surface area contributed by atoms with Crippen LogP contribution in [0.1, 0.15) is 43.2 Å². The van der Waals surface area contributed by atoms with Crippen LogP contribution in [-0.4, -0.2) is 34.7 Å². The van der Waals surface area contributed by atoms with Crippen molar-refractivity contribution in [1.82, 2.24) is 4.90 Å². The fourth-order valence-electron chi connectivity index (χ4n) is 3.82. The highest BCUT2D eigenvalue weighted by atomic mass is 16.3. The monoisotopic (exact) mass is 261 g/mol. The third-order valence-electron chi connectivity index (χ3n) is 4.80. The molecule has 0 aromatic heterocycles. The van der Waals surface area contributed by atoms with Gasteiger partial charge < -0.3 is 15.1 Å². The summed E-state index contributed by atoms with van der Waals surface area (Å²) in [5.41, 5.74) is 2.50. The molecule has 1 aliphatic heterocycles. The van der Waals surface area contributed by atoms with Crippen LogP contribution in [0.2, 0.25) is 0 Å². The topological polar surface area (TPSA) is 43.7 Å². The molecule has 1 saturated heterocycles. The van der Waals surface area contributed by atoms with Crippen LogP contribution >= 0.6 is 0 Å². The van der Waals surface area contributed by atoms with Crippen molar-refractivity contribution in [2.45, 2.75) is 38.5 Å². The number of benzene rings is 1. The van der Waals surface area contributed by atoms with E-state index < -0.39 is 0 Å². The van der Waals surface area contributed by atoms with Gasteiger partial charge in [-0.25, -0.2) is 0 Å². The van der Waals surface area contributed by atoms with Crippen molar-refractivity contribution < 1.29 is 10.2 Å². The normalized spacial score (nSPS) is 26.8. The van der Waals surface area contributed by atoms with Gasteiger partial charge in [-0.1, -0.05) is 6.92 Å². The standard InChI is InChI=1S/C16H23NO2/c1-2-6-17-7-5-11-3-4-12-8-15(18)16(19)9-13(12)14(11)10-17/h8-9,11,14,18-19H,2-7,10H2,1H3/t11-,14+/m1/s1. The number of nitrogens with zero attached hydrogens (tertiary/aromatic N) is 1. The first-order valence-corrected chi connectivity index (χ1v) is 7.46. The third kappa shape index (κ3) is 2.32. The van der Waals surface area contributed by atoms with Gasteiger partial charge in [0, 0.05) is 6.54 Å². The molecule has 0 amide bonds. The highest BCUT2D eigenvalue weighted by Gasteiger charge is 2.34. The second-order valence-electron chi connectivity index (χ2n) is 6.03. The van der Waals surface area contributed by atoms with Crippen molar-refractivity contribution in [2.75, 3.05) is 19.6 Å². The summed E-state index contributed by atoms with van der Waals surface area (Å²) in [5, 5.41) is 19.4. The molecular formula is C16H23NO2. The lowest BCUT2D eigenvalue weighted by Crippen LogP contribution is -2.41. The zero-order valence-electron chi connectivity index (χ0n) is 11.6. The molecule has 1 fully saturated rings. The van der Waals surface area contributed by atoms with Crippen molar-refractivity contribution in [3.05, 3.63) is 23.3 Å². The molecule has 2 atom stereocenters. The van der Waals surface area contributed by atoms with Crippen molar-refractivity contribution >= 4 is 0 Å². The molecule has 104 valence electrons. The van der Waals surface area contributed by atoms with Crippen molar-refractivity contribution in [3.63, 3.8) is 0 Å². The summed E-state index contributed by atoms with van der Waals surface area (Å²) in [7, 11) is 0. The van der Waals surface area contributed by atoms with Crippen LogP contribution in [0.3, 0.4) is 0 Å². The molecule has 2 aliphatic rings. The molecule has 1 aliphatic carbocycles. The molecule has 0 saturated carbocycles. The number of aryl methyl sites for hydroxylation is 1. The number of phenols is 2. The number of fused-ring (bicyclic) bond motifs is 3. The van der Waals surface area contributed by atoms with Gasteiger partial charge in [0.05, 0.1) is 0 Å². The molecule has 1 heterocycles. The zero-order chi connectivity index (χ0) is 13.4. The summed E-state index contributed by atoms with van der Waals surface area (Å²) in [4.78, 5) is 2.54. The second kappa shape index (κ2) is 5.04. The van der Waals surface area contributed by atoms with Gasteiger partial charge in [-0.2, -0.15) is 0 Å². The molecule has 0 bridgehead atoms. The Labute approximate surface area is 114 Å². The second-order valence-corrected chi connectivity index (χ2v) is 6.03. The Bertz CT molecular complexity index is 472. The smallest absolute Gasteiger partial charge is 0.157 e. The van der Waals surface area contributed by atoms with Gasteiger partial charge in [-0.05, 0) is 73.9 Å². The fraction of sp³-hybridized carbons (Fsp3) is 0.625. The Morgan fingerprint density at radius 3 is 2.79 bits per heavy atom. The van der Waals surface area contributed by atoms with E-state index in [9.17, 15) is 10.2 Å². The lowest BCUT2D eigenvalue weighted by molar-refractivity contribution is 0.147. The maximum Gasteiger partial charge on any atom is 0.157 e. The summed E-state index contributed by atoms with van der Waals surface area (Å²) in [6, 6.07) is 3.57. The van der Waals surface area contributed by atoms with Crippen LogP contribution in [-0.2, 0) is 6.42 Å². The summed E-state index contributed by atoms with van der Waals surface area (Å²) in [6.07, 6.45) is 4.73. The number of aromatic hydroxyl groups is 2. The van der Waals surface area contributed by atoms with Gasteiger partial charge in [-0.15, -0.1) is 0 Å². The predicted octanol–water partition coefficient (Wildman–Crippen LogP) is 2.86. The number of phenolic OH excluding ortho intramolecular Hbond substituents is 2. The van der Waals surface area contributed by atoms with Gasteiger partial charge in [0.25, 0.3) is 0 Å². The van der Waals surface area contributed by atoms with Crippen LogP contribution < -0.4 is 0 Å². The van der Waals surface area contributed by atoms with E-state index in [4.69, 9.17) is 0 Å². The van der Waals surface area contributed by atoms with Crippen LogP contribution in [0.5, 0.6) is 11.5 Å². The number of rotatable bonds is 2. The molecule has 0 radical (unpaired) electrons. The predicted molar refractivity (Wildman–Crippen MR) is 75.7 cm³/mol. The number of hydrogen-bond donors (Lipinski definition) is 2. The van der Waals surface area contributed by atoms with E-state index in [-0.39, 0.29) is 11.5 Å². The summed E-state index contributed by atoms with van der Waals surface area (Å²) in [5.74, 6) is 1.35. The first-order valence-electron chi connectivity index (χ1n) is 7.46. The molecule has 0 unspecified atom stereocenters. The Morgan fingerprint density at radius 1 is 1.21 bits per heavy atom. The molecule has 0 spiro atoms. The quantitative estimate of drug-likeness (QED) is 0.805. The molecule has 3 nitrogen and oxygen atoms in total.